The van der Waals surface area contributed by atoms with Gasteiger partial charge in [0, 0.05) is 0 Å². The molecule has 1 aliphatic carbocycles. The molecule has 148 valence electrons. The van der Waals surface area contributed by atoms with Gasteiger partial charge in [0.05, 0.1) is 5.56 Å². The topological polar surface area (TPSA) is 0 Å². The predicted octanol–water partition coefficient (Wildman–Crippen LogP) is 7.92. The van der Waals surface area contributed by atoms with Gasteiger partial charge in [-0.2, -0.15) is 13.2 Å². The van der Waals surface area contributed by atoms with Crippen molar-refractivity contribution in [2.75, 3.05) is 0 Å². The maximum atomic E-state index is 13.8. The summed E-state index contributed by atoms with van der Waals surface area (Å²) in [7, 11) is 0. The molecular weight excluding hydrogens is 364 g/mol. The SMILES string of the molecule is C=C/C=C\CC1CCC(c2ccc(-c3ccc(C(F)(F)F)c(F)c3)cc2)CC1. The fraction of sp³-hybridized carbons (Fsp3) is 0.333. The first-order valence-electron chi connectivity index (χ1n) is 9.63. The molecule has 1 aliphatic rings. The van der Waals surface area contributed by atoms with Gasteiger partial charge >= 0.3 is 6.18 Å². The molecule has 0 radical (unpaired) electrons. The van der Waals surface area contributed by atoms with Gasteiger partial charge in [-0.05, 0) is 72.8 Å². The van der Waals surface area contributed by atoms with Crippen molar-refractivity contribution in [3.05, 3.63) is 84.2 Å². The van der Waals surface area contributed by atoms with Crippen LogP contribution in [-0.4, -0.2) is 0 Å². The van der Waals surface area contributed by atoms with Crippen molar-refractivity contribution in [2.45, 2.75) is 44.2 Å². The minimum Gasteiger partial charge on any atom is -0.206 e. The van der Waals surface area contributed by atoms with E-state index in [0.29, 0.717) is 11.5 Å². The van der Waals surface area contributed by atoms with Crippen LogP contribution in [0.1, 0.15) is 49.1 Å². The van der Waals surface area contributed by atoms with E-state index in [1.807, 2.05) is 30.3 Å². The van der Waals surface area contributed by atoms with Gasteiger partial charge in [0.25, 0.3) is 0 Å². The summed E-state index contributed by atoms with van der Waals surface area (Å²) in [6, 6.07) is 10.9. The van der Waals surface area contributed by atoms with Gasteiger partial charge in [0.15, 0.2) is 0 Å². The summed E-state index contributed by atoms with van der Waals surface area (Å²) in [5.74, 6) is -0.00206. The van der Waals surface area contributed by atoms with Crippen LogP contribution >= 0.6 is 0 Å². The molecule has 0 aliphatic heterocycles. The maximum Gasteiger partial charge on any atom is 0.419 e. The number of allylic oxidation sites excluding steroid dienone is 3. The summed E-state index contributed by atoms with van der Waals surface area (Å²) in [6.45, 7) is 3.69. The lowest BCUT2D eigenvalue weighted by atomic mass is 9.77. The number of hydrogen-bond donors (Lipinski definition) is 0. The van der Waals surface area contributed by atoms with Gasteiger partial charge in [0.1, 0.15) is 5.82 Å². The van der Waals surface area contributed by atoms with Crippen LogP contribution in [0.5, 0.6) is 0 Å². The highest BCUT2D eigenvalue weighted by atomic mass is 19.4. The van der Waals surface area contributed by atoms with E-state index < -0.39 is 17.6 Å². The van der Waals surface area contributed by atoms with Crippen molar-refractivity contribution in [1.82, 2.24) is 0 Å². The van der Waals surface area contributed by atoms with Crippen LogP contribution in [-0.2, 0) is 6.18 Å². The summed E-state index contributed by atoms with van der Waals surface area (Å²) < 4.78 is 51.9. The zero-order valence-electron chi connectivity index (χ0n) is 15.7. The normalized spacial score (nSPS) is 20.4. The van der Waals surface area contributed by atoms with E-state index in [9.17, 15) is 17.6 Å². The van der Waals surface area contributed by atoms with E-state index in [0.717, 1.165) is 42.9 Å². The predicted molar refractivity (Wildman–Crippen MR) is 105 cm³/mol. The average Bonchev–Trinajstić information content (AvgIpc) is 2.68. The third-order valence-electron chi connectivity index (χ3n) is 5.58. The molecule has 0 N–H and O–H groups in total. The first-order valence-corrected chi connectivity index (χ1v) is 9.63. The van der Waals surface area contributed by atoms with E-state index >= 15 is 0 Å². The first-order chi connectivity index (χ1) is 13.4. The van der Waals surface area contributed by atoms with E-state index in [4.69, 9.17) is 0 Å². The molecule has 0 aromatic heterocycles. The number of rotatable bonds is 5. The molecule has 1 fully saturated rings. The Bertz CT molecular complexity index is 823. The van der Waals surface area contributed by atoms with Crippen molar-refractivity contribution in [3.8, 4) is 11.1 Å². The third-order valence-corrected chi connectivity index (χ3v) is 5.58. The average molecular weight is 388 g/mol. The highest BCUT2D eigenvalue weighted by molar-refractivity contribution is 5.64. The summed E-state index contributed by atoms with van der Waals surface area (Å²) >= 11 is 0. The second-order valence-corrected chi connectivity index (χ2v) is 7.43. The highest BCUT2D eigenvalue weighted by Crippen LogP contribution is 2.38. The Balaban J connectivity index is 1.65. The molecule has 1 saturated carbocycles. The molecule has 0 amide bonds. The minimum absolute atomic E-state index is 0.453. The van der Waals surface area contributed by atoms with Crippen LogP contribution < -0.4 is 0 Å². The fourth-order valence-electron chi connectivity index (χ4n) is 3.97. The molecule has 0 unspecified atom stereocenters. The van der Waals surface area contributed by atoms with E-state index in [2.05, 4.69) is 12.7 Å². The molecule has 0 nitrogen and oxygen atoms in total. The molecule has 2 aromatic rings. The van der Waals surface area contributed by atoms with E-state index in [1.54, 1.807) is 6.08 Å². The molecule has 3 rings (SSSR count). The minimum atomic E-state index is -4.67. The lowest BCUT2D eigenvalue weighted by Crippen LogP contribution is -2.12. The largest absolute Gasteiger partial charge is 0.419 e. The van der Waals surface area contributed by atoms with Gasteiger partial charge in [-0.25, -0.2) is 4.39 Å². The Labute approximate surface area is 163 Å². The molecule has 0 bridgehead atoms. The number of halogens is 4. The summed E-state index contributed by atoms with van der Waals surface area (Å²) in [5.41, 5.74) is 1.19. The molecule has 0 saturated heterocycles. The van der Waals surface area contributed by atoms with E-state index in [-0.39, 0.29) is 0 Å². The lowest BCUT2D eigenvalue weighted by Gasteiger charge is -2.28. The summed E-state index contributed by atoms with van der Waals surface area (Å²) in [5, 5.41) is 0. The molecule has 0 heterocycles. The molecule has 0 atom stereocenters. The van der Waals surface area contributed by atoms with E-state index in [1.165, 1.54) is 24.5 Å². The van der Waals surface area contributed by atoms with Crippen molar-refractivity contribution in [3.63, 3.8) is 0 Å². The first kappa shape index (κ1) is 20.4. The zero-order valence-corrected chi connectivity index (χ0v) is 15.7. The second-order valence-electron chi connectivity index (χ2n) is 7.43. The van der Waals surface area contributed by atoms with Gasteiger partial charge in [-0.15, -0.1) is 0 Å². The van der Waals surface area contributed by atoms with Gasteiger partial charge in [-0.1, -0.05) is 55.1 Å². The molecule has 0 spiro atoms. The van der Waals surface area contributed by atoms with Gasteiger partial charge in [0.2, 0.25) is 0 Å². The standard InChI is InChI=1S/C24H24F4/c1-2-3-4-5-17-6-8-18(9-7-17)19-10-12-20(13-11-19)21-14-15-22(23(25)16-21)24(26,27)28/h2-4,10-18H,1,5-9H2/b4-3-. The Morgan fingerprint density at radius 3 is 2.14 bits per heavy atom. The summed E-state index contributed by atoms with van der Waals surface area (Å²) in [4.78, 5) is 0. The lowest BCUT2D eigenvalue weighted by molar-refractivity contribution is -0.139. The second kappa shape index (κ2) is 8.76. The van der Waals surface area contributed by atoms with Crippen LogP contribution in [0.3, 0.4) is 0 Å². The molecule has 4 heteroatoms. The fourth-order valence-corrected chi connectivity index (χ4v) is 3.97. The Morgan fingerprint density at radius 2 is 1.57 bits per heavy atom. The van der Waals surface area contributed by atoms with Gasteiger partial charge in [-0.3, -0.25) is 0 Å². The third kappa shape index (κ3) is 4.92. The van der Waals surface area contributed by atoms with Crippen molar-refractivity contribution in [2.24, 2.45) is 5.92 Å². The van der Waals surface area contributed by atoms with Gasteiger partial charge < -0.3 is 0 Å². The van der Waals surface area contributed by atoms with Crippen LogP contribution in [0.2, 0.25) is 0 Å². The van der Waals surface area contributed by atoms with Crippen LogP contribution in [0, 0.1) is 11.7 Å². The molecular formula is C24H24F4. The van der Waals surface area contributed by atoms with Crippen LogP contribution in [0.25, 0.3) is 11.1 Å². The Hall–Kier alpha value is -2.36. The Kier molecular flexibility index (Phi) is 6.38. The van der Waals surface area contributed by atoms with Crippen molar-refractivity contribution < 1.29 is 17.6 Å². The Morgan fingerprint density at radius 1 is 0.929 bits per heavy atom. The number of alkyl halides is 3. The molecule has 28 heavy (non-hydrogen) atoms. The van der Waals surface area contributed by atoms with Crippen molar-refractivity contribution in [1.29, 1.82) is 0 Å². The smallest absolute Gasteiger partial charge is 0.206 e. The summed E-state index contributed by atoms with van der Waals surface area (Å²) in [6.07, 6.45) is 7.06. The maximum absolute atomic E-state index is 13.8. The number of hydrogen-bond acceptors (Lipinski definition) is 0. The van der Waals surface area contributed by atoms with Crippen LogP contribution in [0.4, 0.5) is 17.6 Å². The zero-order chi connectivity index (χ0) is 20.1. The highest BCUT2D eigenvalue weighted by Gasteiger charge is 2.34. The molecule has 2 aromatic carbocycles. The monoisotopic (exact) mass is 388 g/mol. The number of benzene rings is 2. The quantitative estimate of drug-likeness (QED) is 0.360. The van der Waals surface area contributed by atoms with Crippen molar-refractivity contribution >= 4 is 0 Å². The van der Waals surface area contributed by atoms with Crippen LogP contribution in [0.15, 0.2) is 67.3 Å².